The van der Waals surface area contributed by atoms with Crippen molar-refractivity contribution in [2.45, 2.75) is 82.4 Å². The maximum Gasteiger partial charge on any atom is 0.303 e. The summed E-state index contributed by atoms with van der Waals surface area (Å²) in [6, 6.07) is 0. The molecule has 1 aliphatic heterocycles. The number of allylic oxidation sites excluding steroid dienone is 5. The average molecular weight is 395 g/mol. The van der Waals surface area contributed by atoms with Gasteiger partial charge in [-0.15, -0.1) is 0 Å². The Morgan fingerprint density at radius 1 is 1.11 bits per heavy atom. The molecule has 0 aromatic heterocycles. The minimum Gasteiger partial charge on any atom is -0.481 e. The molecule has 0 aromatic carbocycles. The molecule has 5 atom stereocenters. The van der Waals surface area contributed by atoms with Gasteiger partial charge in [-0.25, -0.2) is 0 Å². The third-order valence-electron chi connectivity index (χ3n) is 4.50. The number of aliphatic hydroxyl groups is 3. The van der Waals surface area contributed by atoms with E-state index in [1.807, 2.05) is 43.4 Å². The van der Waals surface area contributed by atoms with Gasteiger partial charge in [-0.05, 0) is 32.1 Å². The standard InChI is InChI=1S/C22H34O6/c1-2-18(24)21-16-19(25)20(28-21)15-14-17(23)12-10-8-6-4-3-5-7-9-11-13-22(26)27/h3-4,7-10,14-15,17-21,23-25H,2,5-6,11-13,16H2,1H3,(H,26,27)/b4-3-,9-7-,10-8-,15-14+. The van der Waals surface area contributed by atoms with Gasteiger partial charge in [0.05, 0.1) is 24.4 Å². The molecule has 1 fully saturated rings. The summed E-state index contributed by atoms with van der Waals surface area (Å²) in [5, 5.41) is 38.3. The molecule has 1 heterocycles. The molecule has 0 saturated carbocycles. The highest BCUT2D eigenvalue weighted by molar-refractivity contribution is 5.66. The molecule has 5 unspecified atom stereocenters. The van der Waals surface area contributed by atoms with E-state index < -0.39 is 30.4 Å². The van der Waals surface area contributed by atoms with Crippen LogP contribution in [-0.4, -0.2) is 56.9 Å². The van der Waals surface area contributed by atoms with Crippen molar-refractivity contribution in [3.63, 3.8) is 0 Å². The molecule has 4 N–H and O–H groups in total. The average Bonchev–Trinajstić information content (AvgIpc) is 3.04. The van der Waals surface area contributed by atoms with E-state index >= 15 is 0 Å². The van der Waals surface area contributed by atoms with E-state index in [9.17, 15) is 20.1 Å². The van der Waals surface area contributed by atoms with Gasteiger partial charge in [0.25, 0.3) is 0 Å². The molecular formula is C22H34O6. The van der Waals surface area contributed by atoms with Crippen LogP contribution in [0.2, 0.25) is 0 Å². The summed E-state index contributed by atoms with van der Waals surface area (Å²) >= 11 is 0. The quantitative estimate of drug-likeness (QED) is 0.358. The second kappa shape index (κ2) is 14.3. The Morgan fingerprint density at radius 3 is 2.39 bits per heavy atom. The predicted molar refractivity (Wildman–Crippen MR) is 109 cm³/mol. The first kappa shape index (κ1) is 24.3. The number of ether oxygens (including phenoxy) is 1. The number of aliphatic carboxylic acids is 1. The Morgan fingerprint density at radius 2 is 1.75 bits per heavy atom. The monoisotopic (exact) mass is 394 g/mol. The molecule has 6 heteroatoms. The number of hydrogen-bond donors (Lipinski definition) is 4. The van der Waals surface area contributed by atoms with Gasteiger partial charge in [0.15, 0.2) is 0 Å². The first-order valence-corrected chi connectivity index (χ1v) is 9.98. The number of carboxylic acids is 1. The summed E-state index contributed by atoms with van der Waals surface area (Å²) in [6.45, 7) is 1.87. The Hall–Kier alpha value is -1.73. The fourth-order valence-corrected chi connectivity index (χ4v) is 2.82. The minimum absolute atomic E-state index is 0.160. The number of rotatable bonds is 13. The van der Waals surface area contributed by atoms with Crippen molar-refractivity contribution in [1.29, 1.82) is 0 Å². The van der Waals surface area contributed by atoms with Crippen LogP contribution in [0.5, 0.6) is 0 Å². The van der Waals surface area contributed by atoms with Gasteiger partial charge in [-0.2, -0.15) is 0 Å². The van der Waals surface area contributed by atoms with Crippen LogP contribution < -0.4 is 0 Å². The molecule has 28 heavy (non-hydrogen) atoms. The second-order valence-corrected chi connectivity index (χ2v) is 6.92. The zero-order valence-corrected chi connectivity index (χ0v) is 16.6. The summed E-state index contributed by atoms with van der Waals surface area (Å²) in [7, 11) is 0. The van der Waals surface area contributed by atoms with Crippen LogP contribution in [0.25, 0.3) is 0 Å². The van der Waals surface area contributed by atoms with Crippen LogP contribution in [0.1, 0.15) is 51.9 Å². The Balaban J connectivity index is 2.18. The van der Waals surface area contributed by atoms with Gasteiger partial charge < -0.3 is 25.2 Å². The lowest BCUT2D eigenvalue weighted by Gasteiger charge is -2.16. The molecule has 0 radical (unpaired) electrons. The van der Waals surface area contributed by atoms with Gasteiger partial charge in [0.1, 0.15) is 6.10 Å². The van der Waals surface area contributed by atoms with E-state index in [1.165, 1.54) is 0 Å². The fraction of sp³-hybridized carbons (Fsp3) is 0.591. The lowest BCUT2D eigenvalue weighted by molar-refractivity contribution is -0.136. The first-order chi connectivity index (χ1) is 13.4. The van der Waals surface area contributed by atoms with Crippen LogP contribution in [0.15, 0.2) is 48.6 Å². The van der Waals surface area contributed by atoms with Gasteiger partial charge in [0.2, 0.25) is 0 Å². The third-order valence-corrected chi connectivity index (χ3v) is 4.50. The Labute approximate surface area is 167 Å². The molecule has 0 amide bonds. The molecule has 0 aromatic rings. The molecular weight excluding hydrogens is 360 g/mol. The summed E-state index contributed by atoms with van der Waals surface area (Å²) < 4.78 is 5.63. The number of hydrogen-bond acceptors (Lipinski definition) is 5. The zero-order valence-electron chi connectivity index (χ0n) is 16.6. The van der Waals surface area contributed by atoms with E-state index in [2.05, 4.69) is 0 Å². The molecule has 6 nitrogen and oxygen atoms in total. The van der Waals surface area contributed by atoms with Gasteiger partial charge in [-0.3, -0.25) is 4.79 Å². The lowest BCUT2D eigenvalue weighted by atomic mass is 10.1. The molecule has 1 saturated heterocycles. The highest BCUT2D eigenvalue weighted by Crippen LogP contribution is 2.25. The van der Waals surface area contributed by atoms with Crippen molar-refractivity contribution in [2.24, 2.45) is 0 Å². The lowest BCUT2D eigenvalue weighted by Crippen LogP contribution is -2.25. The van der Waals surface area contributed by atoms with Gasteiger partial charge in [0, 0.05) is 12.8 Å². The smallest absolute Gasteiger partial charge is 0.303 e. The van der Waals surface area contributed by atoms with Gasteiger partial charge >= 0.3 is 5.97 Å². The summed E-state index contributed by atoms with van der Waals surface area (Å²) in [6.07, 6.45) is 16.0. The van der Waals surface area contributed by atoms with Gasteiger partial charge in [-0.1, -0.05) is 55.5 Å². The minimum atomic E-state index is -0.784. The van der Waals surface area contributed by atoms with Crippen molar-refractivity contribution in [3.05, 3.63) is 48.6 Å². The molecule has 1 aliphatic rings. The van der Waals surface area contributed by atoms with E-state index in [4.69, 9.17) is 9.84 Å². The summed E-state index contributed by atoms with van der Waals surface area (Å²) in [5.74, 6) is -0.784. The molecule has 0 spiro atoms. The van der Waals surface area contributed by atoms with Crippen molar-refractivity contribution in [1.82, 2.24) is 0 Å². The molecule has 1 rings (SSSR count). The number of carboxylic acid groups (broad SMARTS) is 1. The third kappa shape index (κ3) is 10.6. The van der Waals surface area contributed by atoms with Crippen LogP contribution in [0, 0.1) is 0 Å². The number of aliphatic hydroxyl groups excluding tert-OH is 3. The Kier molecular flexibility index (Phi) is 12.4. The van der Waals surface area contributed by atoms with E-state index in [0.717, 1.165) is 12.8 Å². The largest absolute Gasteiger partial charge is 0.481 e. The van der Waals surface area contributed by atoms with Crippen LogP contribution in [0.4, 0.5) is 0 Å². The highest BCUT2D eigenvalue weighted by atomic mass is 16.5. The number of carbonyl (C=O) groups is 1. The van der Waals surface area contributed by atoms with Crippen molar-refractivity contribution in [3.8, 4) is 0 Å². The highest BCUT2D eigenvalue weighted by Gasteiger charge is 2.35. The van der Waals surface area contributed by atoms with Crippen LogP contribution in [-0.2, 0) is 9.53 Å². The summed E-state index contributed by atoms with van der Waals surface area (Å²) in [4.78, 5) is 10.3. The zero-order chi connectivity index (χ0) is 20.8. The maximum absolute atomic E-state index is 10.3. The topological polar surface area (TPSA) is 107 Å². The van der Waals surface area contributed by atoms with Crippen molar-refractivity contribution < 1.29 is 30.0 Å². The van der Waals surface area contributed by atoms with E-state index in [1.54, 1.807) is 12.2 Å². The Bertz CT molecular complexity index is 551. The van der Waals surface area contributed by atoms with E-state index in [0.29, 0.717) is 25.7 Å². The van der Waals surface area contributed by atoms with Crippen LogP contribution in [0.3, 0.4) is 0 Å². The maximum atomic E-state index is 10.3. The summed E-state index contributed by atoms with van der Waals surface area (Å²) in [5.41, 5.74) is 0. The fourth-order valence-electron chi connectivity index (χ4n) is 2.82. The van der Waals surface area contributed by atoms with Crippen molar-refractivity contribution in [2.75, 3.05) is 0 Å². The molecule has 158 valence electrons. The second-order valence-electron chi connectivity index (χ2n) is 6.92. The SMILES string of the molecule is CCC(O)C1CC(O)C(/C=C/C(O)C/C=C\C/C=C\C/C=C\CCC(=O)O)O1. The van der Waals surface area contributed by atoms with E-state index in [-0.39, 0.29) is 12.5 Å². The first-order valence-electron chi connectivity index (χ1n) is 9.98. The molecule has 0 bridgehead atoms. The van der Waals surface area contributed by atoms with Crippen molar-refractivity contribution >= 4 is 5.97 Å². The normalized spacial score (nSPS) is 25.5. The van der Waals surface area contributed by atoms with Crippen LogP contribution >= 0.6 is 0 Å². The molecule has 0 aliphatic carbocycles. The predicted octanol–water partition coefficient (Wildman–Crippen LogP) is 2.90.